The molecule has 1 aromatic rings. The summed E-state index contributed by atoms with van der Waals surface area (Å²) >= 11 is 6.58. The fraction of sp³-hybridized carbons (Fsp3) is 0.250. The van der Waals surface area contributed by atoms with Crippen molar-refractivity contribution in [2.24, 2.45) is 10.9 Å². The Morgan fingerprint density at radius 2 is 1.68 bits per heavy atom. The van der Waals surface area contributed by atoms with Gasteiger partial charge in [-0.05, 0) is 74.6 Å². The Labute approximate surface area is 169 Å². The van der Waals surface area contributed by atoms with Crippen molar-refractivity contribution >= 4 is 49.0 Å². The standard InChI is InChI=1S/C16H15Br2NO2.Na/c1-8(2)11-7-14(9(3)4-15(11)20)19-10-5-12(17)16(21)13(18)6-10;/h4-8,21H,1-3H3;/q;+1. The van der Waals surface area contributed by atoms with Crippen LogP contribution in [0, 0.1) is 5.92 Å². The van der Waals surface area contributed by atoms with Gasteiger partial charge in [-0.15, -0.1) is 0 Å². The molecule has 1 aliphatic carbocycles. The first-order valence-electron chi connectivity index (χ1n) is 6.51. The van der Waals surface area contributed by atoms with E-state index in [1.165, 1.54) is 0 Å². The molecule has 6 heteroatoms. The zero-order valence-electron chi connectivity index (χ0n) is 12.9. The van der Waals surface area contributed by atoms with Gasteiger partial charge in [0.25, 0.3) is 0 Å². The molecule has 0 aromatic heterocycles. The molecule has 0 bridgehead atoms. The second kappa shape index (κ2) is 8.06. The number of allylic oxidation sites excluding steroid dienone is 4. The van der Waals surface area contributed by atoms with Crippen LogP contribution in [0.4, 0.5) is 5.69 Å². The van der Waals surface area contributed by atoms with E-state index in [1.54, 1.807) is 18.2 Å². The van der Waals surface area contributed by atoms with E-state index < -0.39 is 0 Å². The summed E-state index contributed by atoms with van der Waals surface area (Å²) < 4.78 is 1.13. The van der Waals surface area contributed by atoms with E-state index in [-0.39, 0.29) is 47.0 Å². The third-order valence-electron chi connectivity index (χ3n) is 3.20. The number of carbonyl (C=O) groups excluding carboxylic acids is 1. The van der Waals surface area contributed by atoms with Gasteiger partial charge in [-0.25, -0.2) is 4.99 Å². The van der Waals surface area contributed by atoms with E-state index in [9.17, 15) is 9.90 Å². The van der Waals surface area contributed by atoms with E-state index in [0.29, 0.717) is 14.6 Å². The van der Waals surface area contributed by atoms with Gasteiger partial charge in [-0.3, -0.25) is 4.79 Å². The molecule has 1 aromatic carbocycles. The Morgan fingerprint density at radius 1 is 1.14 bits per heavy atom. The number of halogens is 2. The predicted octanol–water partition coefficient (Wildman–Crippen LogP) is 2.11. The van der Waals surface area contributed by atoms with Gasteiger partial charge in [0.1, 0.15) is 5.75 Å². The normalized spacial score (nSPS) is 16.5. The number of aromatic hydroxyl groups is 1. The number of hydrogen-bond donors (Lipinski definition) is 1. The molecule has 0 saturated carbocycles. The Hall–Kier alpha value is -0.200. The largest absolute Gasteiger partial charge is 1.00 e. The zero-order chi connectivity index (χ0) is 15.7. The number of phenolic OH excluding ortho intramolecular Hbond substituents is 1. The van der Waals surface area contributed by atoms with Gasteiger partial charge in [0.2, 0.25) is 0 Å². The van der Waals surface area contributed by atoms with Crippen molar-refractivity contribution in [3.8, 4) is 5.75 Å². The zero-order valence-corrected chi connectivity index (χ0v) is 18.1. The molecule has 0 amide bonds. The van der Waals surface area contributed by atoms with Crippen molar-refractivity contribution in [3.05, 3.63) is 44.4 Å². The van der Waals surface area contributed by atoms with Gasteiger partial charge >= 0.3 is 29.6 Å². The quantitative estimate of drug-likeness (QED) is 0.571. The molecule has 1 N–H and O–H groups in total. The maximum atomic E-state index is 11.9. The summed E-state index contributed by atoms with van der Waals surface area (Å²) in [6.07, 6.45) is 3.47. The van der Waals surface area contributed by atoms with Crippen LogP contribution in [0.2, 0.25) is 0 Å². The van der Waals surface area contributed by atoms with Gasteiger partial charge in [0.15, 0.2) is 5.78 Å². The second-order valence-electron chi connectivity index (χ2n) is 5.20. The van der Waals surface area contributed by atoms with Crippen LogP contribution >= 0.6 is 31.9 Å². The number of phenols is 1. The first-order chi connectivity index (χ1) is 9.79. The fourth-order valence-corrected chi connectivity index (χ4v) is 3.18. The van der Waals surface area contributed by atoms with Gasteiger partial charge in [0, 0.05) is 5.57 Å². The molecule has 3 nitrogen and oxygen atoms in total. The van der Waals surface area contributed by atoms with Crippen LogP contribution in [0.15, 0.2) is 49.4 Å². The monoisotopic (exact) mass is 434 g/mol. The van der Waals surface area contributed by atoms with E-state index in [4.69, 9.17) is 0 Å². The third kappa shape index (κ3) is 4.42. The fourth-order valence-electron chi connectivity index (χ4n) is 2.01. The predicted molar refractivity (Wildman–Crippen MR) is 92.3 cm³/mol. The minimum Gasteiger partial charge on any atom is -0.506 e. The molecule has 0 aliphatic heterocycles. The van der Waals surface area contributed by atoms with Crippen LogP contribution in [-0.2, 0) is 4.79 Å². The molecule has 0 atom stereocenters. The summed E-state index contributed by atoms with van der Waals surface area (Å²) in [6.45, 7) is 5.85. The minimum absolute atomic E-state index is 0. The molecule has 0 unspecified atom stereocenters. The molecule has 0 saturated heterocycles. The molecule has 2 rings (SSSR count). The number of hydrogen-bond acceptors (Lipinski definition) is 3. The Morgan fingerprint density at radius 3 is 2.18 bits per heavy atom. The van der Waals surface area contributed by atoms with Crippen LogP contribution in [0.3, 0.4) is 0 Å². The Balaban J connectivity index is 0.00000242. The SMILES string of the molecule is CC1=CC(=O)C(C(C)C)=CC1=Nc1cc(Br)c(O)c(Br)c1.[Na+]. The van der Waals surface area contributed by atoms with Gasteiger partial charge in [0.05, 0.1) is 20.3 Å². The molecular formula is C16H15Br2NNaO2+. The summed E-state index contributed by atoms with van der Waals surface area (Å²) in [5, 5.41) is 9.73. The van der Waals surface area contributed by atoms with Crippen LogP contribution in [0.1, 0.15) is 20.8 Å². The average molecular weight is 436 g/mol. The third-order valence-corrected chi connectivity index (χ3v) is 4.41. The first kappa shape index (κ1) is 19.8. The molecule has 1 aliphatic rings. The summed E-state index contributed by atoms with van der Waals surface area (Å²) in [4.78, 5) is 16.5. The first-order valence-corrected chi connectivity index (χ1v) is 8.09. The van der Waals surface area contributed by atoms with Crippen molar-refractivity contribution in [2.75, 3.05) is 0 Å². The average Bonchev–Trinajstić information content (AvgIpc) is 2.38. The maximum Gasteiger partial charge on any atom is 1.00 e. The van der Waals surface area contributed by atoms with Crippen molar-refractivity contribution in [2.45, 2.75) is 20.8 Å². The van der Waals surface area contributed by atoms with E-state index in [2.05, 4.69) is 36.9 Å². The molecule has 0 spiro atoms. The second-order valence-corrected chi connectivity index (χ2v) is 6.91. The topological polar surface area (TPSA) is 49.7 Å². The molecule has 110 valence electrons. The molecule has 0 fully saturated rings. The summed E-state index contributed by atoms with van der Waals surface area (Å²) in [7, 11) is 0. The van der Waals surface area contributed by atoms with E-state index >= 15 is 0 Å². The van der Waals surface area contributed by atoms with Gasteiger partial charge < -0.3 is 5.11 Å². The van der Waals surface area contributed by atoms with E-state index in [0.717, 1.165) is 16.9 Å². The number of benzene rings is 1. The smallest absolute Gasteiger partial charge is 0.506 e. The van der Waals surface area contributed by atoms with Crippen LogP contribution < -0.4 is 29.6 Å². The molecule has 0 radical (unpaired) electrons. The maximum absolute atomic E-state index is 11.9. The Kier molecular flexibility index (Phi) is 7.27. The molecular weight excluding hydrogens is 421 g/mol. The Bertz CT molecular complexity index is 683. The minimum atomic E-state index is 0. The van der Waals surface area contributed by atoms with Crippen molar-refractivity contribution in [3.63, 3.8) is 0 Å². The van der Waals surface area contributed by atoms with E-state index in [1.807, 2.05) is 26.8 Å². The summed E-state index contributed by atoms with van der Waals surface area (Å²) in [5.74, 6) is 0.350. The number of carbonyl (C=O) groups is 1. The summed E-state index contributed by atoms with van der Waals surface area (Å²) in [6, 6.07) is 3.47. The van der Waals surface area contributed by atoms with Crippen molar-refractivity contribution in [1.29, 1.82) is 0 Å². The van der Waals surface area contributed by atoms with Crippen LogP contribution in [0.25, 0.3) is 0 Å². The van der Waals surface area contributed by atoms with Gasteiger partial charge in [-0.2, -0.15) is 0 Å². The molecule has 22 heavy (non-hydrogen) atoms. The number of rotatable bonds is 2. The van der Waals surface area contributed by atoms with Crippen molar-refractivity contribution in [1.82, 2.24) is 0 Å². The molecule has 0 heterocycles. The van der Waals surface area contributed by atoms with Gasteiger partial charge in [-0.1, -0.05) is 13.8 Å². The number of aliphatic imine (C=N–C) groups is 1. The summed E-state index contributed by atoms with van der Waals surface area (Å²) in [5.41, 5.74) is 3.06. The van der Waals surface area contributed by atoms with Crippen LogP contribution in [-0.4, -0.2) is 16.6 Å². The van der Waals surface area contributed by atoms with Crippen molar-refractivity contribution < 1.29 is 39.5 Å². The van der Waals surface area contributed by atoms with Crippen LogP contribution in [0.5, 0.6) is 5.75 Å². The number of nitrogens with zero attached hydrogens (tertiary/aromatic N) is 1. The number of ketones is 1.